The van der Waals surface area contributed by atoms with Crippen LogP contribution in [-0.2, 0) is 27.8 Å². The number of phenols is 1. The highest BCUT2D eigenvalue weighted by atomic mass is 16.5. The van der Waals surface area contributed by atoms with Crippen molar-refractivity contribution in [2.45, 2.75) is 61.7 Å². The number of ether oxygens (including phenoxy) is 2. The molecular formula is C27H30N2O5. The first kappa shape index (κ1) is 20.7. The molecule has 1 aromatic heterocycles. The molecule has 5 atom stereocenters. The number of methoxy groups -OCH3 is 1. The summed E-state index contributed by atoms with van der Waals surface area (Å²) in [5.41, 5.74) is -0.251. The molecule has 1 spiro atoms. The first-order valence-electron chi connectivity index (χ1n) is 12.4. The fourth-order valence-electron chi connectivity index (χ4n) is 7.96. The summed E-state index contributed by atoms with van der Waals surface area (Å²) in [6.45, 7) is 1.83. The predicted molar refractivity (Wildman–Crippen MR) is 123 cm³/mol. The Labute approximate surface area is 198 Å². The second-order valence-electron chi connectivity index (χ2n) is 11.1. The molecule has 2 aliphatic heterocycles. The van der Waals surface area contributed by atoms with Crippen molar-refractivity contribution in [2.75, 3.05) is 20.2 Å². The number of pyridine rings is 1. The molecule has 7 nitrogen and oxygen atoms in total. The van der Waals surface area contributed by atoms with Crippen LogP contribution in [0, 0.1) is 11.3 Å². The van der Waals surface area contributed by atoms with E-state index in [2.05, 4.69) is 9.88 Å². The maximum Gasteiger partial charge on any atom is 0.316 e. The van der Waals surface area contributed by atoms with Gasteiger partial charge in [-0.3, -0.25) is 14.7 Å². The largest absolute Gasteiger partial charge is 0.504 e. The van der Waals surface area contributed by atoms with Crippen LogP contribution in [0.1, 0.15) is 42.5 Å². The number of piperidine rings is 1. The van der Waals surface area contributed by atoms with Crippen LogP contribution in [0.15, 0.2) is 36.5 Å². The number of carbonyl (C=O) groups is 1. The van der Waals surface area contributed by atoms with Crippen LogP contribution < -0.4 is 4.74 Å². The predicted octanol–water partition coefficient (Wildman–Crippen LogP) is 2.36. The molecule has 3 fully saturated rings. The van der Waals surface area contributed by atoms with Gasteiger partial charge in [-0.2, -0.15) is 0 Å². The third-order valence-electron chi connectivity index (χ3n) is 9.41. The molecule has 2 N–H and O–H groups in total. The number of hydrogen-bond donors (Lipinski definition) is 2. The van der Waals surface area contributed by atoms with Gasteiger partial charge in [0.2, 0.25) is 0 Å². The summed E-state index contributed by atoms with van der Waals surface area (Å²) >= 11 is 0. The van der Waals surface area contributed by atoms with Crippen molar-refractivity contribution in [2.24, 2.45) is 11.3 Å². The zero-order valence-electron chi connectivity index (χ0n) is 19.4. The van der Waals surface area contributed by atoms with Crippen LogP contribution in [0.2, 0.25) is 0 Å². The lowest BCUT2D eigenvalue weighted by molar-refractivity contribution is -0.158. The zero-order valence-corrected chi connectivity index (χ0v) is 19.4. The van der Waals surface area contributed by atoms with E-state index in [1.165, 1.54) is 20.0 Å². The molecule has 2 bridgehead atoms. The Morgan fingerprint density at radius 3 is 2.88 bits per heavy atom. The van der Waals surface area contributed by atoms with Crippen LogP contribution in [0.4, 0.5) is 0 Å². The maximum absolute atomic E-state index is 13.7. The van der Waals surface area contributed by atoms with E-state index in [0.29, 0.717) is 30.9 Å². The summed E-state index contributed by atoms with van der Waals surface area (Å²) in [7, 11) is 1.41. The van der Waals surface area contributed by atoms with Crippen molar-refractivity contribution in [1.82, 2.24) is 9.88 Å². The third-order valence-corrected chi connectivity index (χ3v) is 9.41. The molecule has 2 saturated carbocycles. The molecular weight excluding hydrogens is 432 g/mol. The number of phenolic OH excluding ortho intramolecular Hbond substituents is 1. The third kappa shape index (κ3) is 2.39. The van der Waals surface area contributed by atoms with E-state index in [4.69, 9.17) is 9.47 Å². The molecule has 2 aromatic rings. The van der Waals surface area contributed by atoms with Gasteiger partial charge < -0.3 is 19.7 Å². The number of aromatic hydroxyl groups is 1. The Morgan fingerprint density at radius 2 is 2.15 bits per heavy atom. The monoisotopic (exact) mass is 462 g/mol. The first-order chi connectivity index (χ1) is 16.4. The molecule has 3 heterocycles. The highest BCUT2D eigenvalue weighted by Gasteiger charge is 2.81. The van der Waals surface area contributed by atoms with E-state index in [9.17, 15) is 15.0 Å². The molecule has 1 saturated heterocycles. The summed E-state index contributed by atoms with van der Waals surface area (Å²) in [5, 5.41) is 23.5. The standard InChI is InChI=1S/C27H30N2O5/c1-33-24(31)25(13-18-4-2-3-10-28-18)15-27(32)20-12-17-7-8-19(30)22-21(17)26(27,23(25)34-22)9-11-29(20)14-16-5-6-16/h2-4,7-8,10,16,20,23,30,32H,5-6,9,11-15H2,1H3. The number of aliphatic hydroxyl groups is 1. The normalized spacial score (nSPS) is 37.2. The van der Waals surface area contributed by atoms with Crippen molar-refractivity contribution in [1.29, 1.82) is 0 Å². The van der Waals surface area contributed by atoms with Crippen molar-refractivity contribution >= 4 is 5.97 Å². The number of carbonyl (C=O) groups excluding carboxylic acids is 1. The summed E-state index contributed by atoms with van der Waals surface area (Å²) < 4.78 is 12.0. The van der Waals surface area contributed by atoms with E-state index >= 15 is 0 Å². The lowest BCUT2D eigenvalue weighted by Gasteiger charge is -2.58. The van der Waals surface area contributed by atoms with Crippen molar-refractivity contribution in [3.8, 4) is 11.5 Å². The number of likely N-dealkylation sites (tertiary alicyclic amines) is 1. The van der Waals surface area contributed by atoms with Gasteiger partial charge in [-0.05, 0) is 68.3 Å². The average Bonchev–Trinajstić information content (AvgIpc) is 3.52. The maximum atomic E-state index is 13.7. The number of esters is 1. The second kappa shape index (κ2) is 6.73. The van der Waals surface area contributed by atoms with E-state index in [-0.39, 0.29) is 24.2 Å². The summed E-state index contributed by atoms with van der Waals surface area (Å²) in [5.74, 6) is 0.822. The minimum absolute atomic E-state index is 0.0698. The molecule has 5 unspecified atom stereocenters. The smallest absolute Gasteiger partial charge is 0.316 e. The Kier molecular flexibility index (Phi) is 4.10. The zero-order chi connectivity index (χ0) is 23.3. The van der Waals surface area contributed by atoms with Gasteiger partial charge >= 0.3 is 5.97 Å². The Balaban J connectivity index is 1.45. The van der Waals surface area contributed by atoms with E-state index in [1.807, 2.05) is 24.3 Å². The Bertz CT molecular complexity index is 1180. The minimum atomic E-state index is -1.17. The highest BCUT2D eigenvalue weighted by Crippen LogP contribution is 2.71. The van der Waals surface area contributed by atoms with Crippen LogP contribution in [0.5, 0.6) is 11.5 Å². The van der Waals surface area contributed by atoms with E-state index in [0.717, 1.165) is 29.9 Å². The van der Waals surface area contributed by atoms with Gasteiger partial charge in [0.15, 0.2) is 11.5 Å². The molecule has 0 amide bonds. The van der Waals surface area contributed by atoms with Gasteiger partial charge in [-0.15, -0.1) is 0 Å². The van der Waals surface area contributed by atoms with Crippen LogP contribution in [0.25, 0.3) is 0 Å². The van der Waals surface area contributed by atoms with Crippen molar-refractivity contribution in [3.63, 3.8) is 0 Å². The van der Waals surface area contributed by atoms with Crippen LogP contribution in [0.3, 0.4) is 0 Å². The molecule has 178 valence electrons. The van der Waals surface area contributed by atoms with Gasteiger partial charge in [0, 0.05) is 36.5 Å². The van der Waals surface area contributed by atoms with E-state index in [1.54, 1.807) is 12.3 Å². The minimum Gasteiger partial charge on any atom is -0.504 e. The topological polar surface area (TPSA) is 92.1 Å². The number of benzene rings is 1. The number of rotatable bonds is 5. The second-order valence-corrected chi connectivity index (χ2v) is 11.1. The molecule has 3 aliphatic carbocycles. The van der Waals surface area contributed by atoms with Crippen LogP contribution >= 0.6 is 0 Å². The molecule has 1 aromatic carbocycles. The first-order valence-corrected chi connectivity index (χ1v) is 12.4. The lowest BCUT2D eigenvalue weighted by Crippen LogP contribution is -2.70. The number of nitrogens with zero attached hydrogens (tertiary/aromatic N) is 2. The summed E-state index contributed by atoms with van der Waals surface area (Å²) in [6, 6.07) is 9.23. The molecule has 7 rings (SSSR count). The van der Waals surface area contributed by atoms with E-state index < -0.39 is 22.5 Å². The molecule has 5 aliphatic rings. The van der Waals surface area contributed by atoms with Gasteiger partial charge in [-0.25, -0.2) is 0 Å². The summed E-state index contributed by atoms with van der Waals surface area (Å²) in [4.78, 5) is 20.6. The SMILES string of the molecule is COC(=O)C1(Cc2ccccn2)CC2(O)C3Cc4ccc(O)c5c4C2(CCN3CC2CC2)C1O5. The number of hydrogen-bond acceptors (Lipinski definition) is 7. The lowest BCUT2D eigenvalue weighted by atomic mass is 9.56. The average molecular weight is 463 g/mol. The fourth-order valence-corrected chi connectivity index (χ4v) is 7.96. The van der Waals surface area contributed by atoms with Gasteiger partial charge in [-0.1, -0.05) is 12.1 Å². The van der Waals surface area contributed by atoms with Crippen molar-refractivity contribution < 1.29 is 24.5 Å². The van der Waals surface area contributed by atoms with Gasteiger partial charge in [0.05, 0.1) is 18.1 Å². The number of aromatic nitrogens is 1. The van der Waals surface area contributed by atoms with Crippen LogP contribution in [-0.4, -0.2) is 64.0 Å². The summed E-state index contributed by atoms with van der Waals surface area (Å²) in [6.07, 6.45) is 5.53. The van der Waals surface area contributed by atoms with Gasteiger partial charge in [0.1, 0.15) is 11.5 Å². The van der Waals surface area contributed by atoms with Crippen molar-refractivity contribution in [3.05, 3.63) is 53.3 Å². The molecule has 0 radical (unpaired) electrons. The Hall–Kier alpha value is -2.64. The molecule has 7 heteroatoms. The fraction of sp³-hybridized carbons (Fsp3) is 0.556. The molecule has 34 heavy (non-hydrogen) atoms. The quantitative estimate of drug-likeness (QED) is 0.659. The Morgan fingerprint density at radius 1 is 1.29 bits per heavy atom. The highest BCUT2D eigenvalue weighted by molar-refractivity contribution is 5.82. The van der Waals surface area contributed by atoms with Gasteiger partial charge in [0.25, 0.3) is 0 Å².